The van der Waals surface area contributed by atoms with Crippen LogP contribution in [0, 0.1) is 0 Å². The molecule has 2 aromatic carbocycles. The largest absolute Gasteiger partial charge is 0.482 e. The molecular formula is C21H23Cl2NO2. The number of benzene rings is 2. The van der Waals surface area contributed by atoms with Gasteiger partial charge in [-0.3, -0.25) is 4.79 Å². The molecule has 0 aromatic heterocycles. The maximum Gasteiger partial charge on any atom is 0.258 e. The van der Waals surface area contributed by atoms with Crippen molar-refractivity contribution in [1.29, 1.82) is 0 Å². The third-order valence-electron chi connectivity index (χ3n) is 4.77. The van der Waals surface area contributed by atoms with Crippen molar-refractivity contribution in [2.75, 3.05) is 6.61 Å². The van der Waals surface area contributed by atoms with Gasteiger partial charge in [0.25, 0.3) is 5.91 Å². The summed E-state index contributed by atoms with van der Waals surface area (Å²) in [6.45, 7) is 1.99. The van der Waals surface area contributed by atoms with E-state index in [-0.39, 0.29) is 18.6 Å². The second-order valence-electron chi connectivity index (χ2n) is 6.63. The molecule has 0 aliphatic heterocycles. The second-order valence-corrected chi connectivity index (χ2v) is 7.47. The molecule has 3 nitrogen and oxygen atoms in total. The molecule has 0 radical (unpaired) electrons. The summed E-state index contributed by atoms with van der Waals surface area (Å²) in [5, 5.41) is 3.99. The van der Waals surface area contributed by atoms with E-state index in [0.717, 1.165) is 24.8 Å². The SMILES string of the molecule is CC[C@@H](NC(=O)COc1ccc(Cl)cc1Cl)c1ccc2c(c1)CCCC2. The summed E-state index contributed by atoms with van der Waals surface area (Å²) < 4.78 is 5.52. The van der Waals surface area contributed by atoms with Gasteiger partial charge in [-0.2, -0.15) is 0 Å². The van der Waals surface area contributed by atoms with E-state index in [0.29, 0.717) is 15.8 Å². The summed E-state index contributed by atoms with van der Waals surface area (Å²) in [5.74, 6) is 0.286. The molecule has 0 saturated carbocycles. The minimum Gasteiger partial charge on any atom is -0.482 e. The van der Waals surface area contributed by atoms with Gasteiger partial charge in [0.15, 0.2) is 6.61 Å². The van der Waals surface area contributed by atoms with Gasteiger partial charge < -0.3 is 10.1 Å². The van der Waals surface area contributed by atoms with E-state index in [1.807, 2.05) is 0 Å². The molecular weight excluding hydrogens is 369 g/mol. The quantitative estimate of drug-likeness (QED) is 0.703. The van der Waals surface area contributed by atoms with Crippen LogP contribution in [0.3, 0.4) is 0 Å². The van der Waals surface area contributed by atoms with Gasteiger partial charge in [-0.15, -0.1) is 0 Å². The van der Waals surface area contributed by atoms with Crippen molar-refractivity contribution < 1.29 is 9.53 Å². The number of nitrogens with one attached hydrogen (secondary N) is 1. The van der Waals surface area contributed by atoms with Gasteiger partial charge in [0.2, 0.25) is 0 Å². The summed E-state index contributed by atoms with van der Waals surface area (Å²) >= 11 is 11.9. The van der Waals surface area contributed by atoms with Crippen LogP contribution in [-0.4, -0.2) is 12.5 Å². The Bertz CT molecular complexity index is 792. The lowest BCUT2D eigenvalue weighted by molar-refractivity contribution is -0.123. The molecule has 0 spiro atoms. The Balaban J connectivity index is 1.61. The molecule has 2 aromatic rings. The Morgan fingerprint density at radius 2 is 1.88 bits per heavy atom. The minimum absolute atomic E-state index is 0.0148. The number of carbonyl (C=O) groups excluding carboxylic acids is 1. The predicted molar refractivity (Wildman–Crippen MR) is 106 cm³/mol. The highest BCUT2D eigenvalue weighted by molar-refractivity contribution is 6.35. The highest BCUT2D eigenvalue weighted by Gasteiger charge is 2.16. The molecule has 5 heteroatoms. The van der Waals surface area contributed by atoms with Crippen molar-refractivity contribution in [1.82, 2.24) is 5.32 Å². The van der Waals surface area contributed by atoms with E-state index < -0.39 is 0 Å². The monoisotopic (exact) mass is 391 g/mol. The van der Waals surface area contributed by atoms with Gasteiger partial charge in [0, 0.05) is 5.02 Å². The van der Waals surface area contributed by atoms with Crippen LogP contribution in [0.25, 0.3) is 0 Å². The lowest BCUT2D eigenvalue weighted by Crippen LogP contribution is -2.32. The average molecular weight is 392 g/mol. The van der Waals surface area contributed by atoms with Crippen LogP contribution in [0.15, 0.2) is 36.4 Å². The predicted octanol–water partition coefficient (Wildman–Crippen LogP) is 5.52. The van der Waals surface area contributed by atoms with E-state index in [1.165, 1.54) is 24.0 Å². The fourth-order valence-electron chi connectivity index (χ4n) is 3.36. The number of ether oxygens (including phenoxy) is 1. The van der Waals surface area contributed by atoms with Gasteiger partial charge in [0.1, 0.15) is 5.75 Å². The van der Waals surface area contributed by atoms with Crippen LogP contribution in [0.4, 0.5) is 0 Å². The number of rotatable bonds is 6. The van der Waals surface area contributed by atoms with Crippen molar-refractivity contribution in [3.05, 3.63) is 63.1 Å². The van der Waals surface area contributed by atoms with E-state index in [2.05, 4.69) is 30.4 Å². The maximum atomic E-state index is 12.3. The Kier molecular flexibility index (Phi) is 6.44. The normalized spacial score (nSPS) is 14.4. The smallest absolute Gasteiger partial charge is 0.258 e. The highest BCUT2D eigenvalue weighted by atomic mass is 35.5. The average Bonchev–Trinajstić information content (AvgIpc) is 2.65. The Morgan fingerprint density at radius 1 is 1.12 bits per heavy atom. The van der Waals surface area contributed by atoms with E-state index in [9.17, 15) is 4.79 Å². The molecule has 1 aliphatic rings. The summed E-state index contributed by atoms with van der Waals surface area (Å²) in [6.07, 6.45) is 5.63. The first kappa shape index (κ1) is 19.1. The number of fused-ring (bicyclic) bond motifs is 1. The number of aryl methyl sites for hydroxylation is 2. The molecule has 0 heterocycles. The summed E-state index contributed by atoms with van der Waals surface area (Å²) in [5.41, 5.74) is 4.03. The van der Waals surface area contributed by atoms with Crippen LogP contribution in [0.2, 0.25) is 10.0 Å². The fraction of sp³-hybridized carbons (Fsp3) is 0.381. The number of hydrogen-bond donors (Lipinski definition) is 1. The van der Waals surface area contributed by atoms with Crippen LogP contribution in [-0.2, 0) is 17.6 Å². The highest BCUT2D eigenvalue weighted by Crippen LogP contribution is 2.28. The molecule has 1 amide bonds. The molecule has 26 heavy (non-hydrogen) atoms. The van der Waals surface area contributed by atoms with Crippen molar-refractivity contribution >= 4 is 29.1 Å². The Hall–Kier alpha value is -1.71. The molecule has 1 N–H and O–H groups in total. The fourth-order valence-corrected chi connectivity index (χ4v) is 3.83. The summed E-state index contributed by atoms with van der Waals surface area (Å²) in [7, 11) is 0. The first-order valence-corrected chi connectivity index (χ1v) is 9.81. The van der Waals surface area contributed by atoms with Crippen molar-refractivity contribution in [2.24, 2.45) is 0 Å². The lowest BCUT2D eigenvalue weighted by Gasteiger charge is -2.22. The topological polar surface area (TPSA) is 38.3 Å². The number of amides is 1. The van der Waals surface area contributed by atoms with Crippen LogP contribution >= 0.6 is 23.2 Å². The third-order valence-corrected chi connectivity index (χ3v) is 5.30. The van der Waals surface area contributed by atoms with Crippen LogP contribution < -0.4 is 10.1 Å². The van der Waals surface area contributed by atoms with Gasteiger partial charge >= 0.3 is 0 Å². The zero-order valence-corrected chi connectivity index (χ0v) is 16.4. The first-order valence-electron chi connectivity index (χ1n) is 9.05. The molecule has 0 fully saturated rings. The molecule has 1 aliphatic carbocycles. The van der Waals surface area contributed by atoms with Crippen molar-refractivity contribution in [3.63, 3.8) is 0 Å². The zero-order chi connectivity index (χ0) is 18.5. The Morgan fingerprint density at radius 3 is 2.62 bits per heavy atom. The van der Waals surface area contributed by atoms with Crippen LogP contribution in [0.5, 0.6) is 5.75 Å². The number of carbonyl (C=O) groups is 1. The maximum absolute atomic E-state index is 12.3. The number of halogens is 2. The third kappa shape index (κ3) is 4.72. The number of hydrogen-bond acceptors (Lipinski definition) is 2. The molecule has 3 rings (SSSR count). The molecule has 1 atom stereocenters. The van der Waals surface area contributed by atoms with E-state index in [1.54, 1.807) is 18.2 Å². The molecule has 0 bridgehead atoms. The lowest BCUT2D eigenvalue weighted by atomic mass is 9.89. The first-order chi connectivity index (χ1) is 12.6. The van der Waals surface area contributed by atoms with Gasteiger partial charge in [-0.1, -0.05) is 48.3 Å². The van der Waals surface area contributed by atoms with Crippen LogP contribution in [0.1, 0.15) is 48.9 Å². The molecule has 0 saturated heterocycles. The second kappa shape index (κ2) is 8.79. The van der Waals surface area contributed by atoms with Gasteiger partial charge in [-0.25, -0.2) is 0 Å². The van der Waals surface area contributed by atoms with E-state index >= 15 is 0 Å². The van der Waals surface area contributed by atoms with Crippen molar-refractivity contribution in [3.8, 4) is 5.75 Å². The zero-order valence-electron chi connectivity index (χ0n) is 14.9. The van der Waals surface area contributed by atoms with Crippen molar-refractivity contribution in [2.45, 2.75) is 45.1 Å². The standard InChI is InChI=1S/C21H23Cl2NO2/c1-2-19(16-8-7-14-5-3-4-6-15(14)11-16)24-21(25)13-26-20-10-9-17(22)12-18(20)23/h7-12,19H,2-6,13H2,1H3,(H,24,25)/t19-/m1/s1. The van der Waals surface area contributed by atoms with Gasteiger partial charge in [0.05, 0.1) is 11.1 Å². The van der Waals surface area contributed by atoms with Gasteiger partial charge in [-0.05, 0) is 67.0 Å². The minimum atomic E-state index is -0.166. The Labute approximate surface area is 164 Å². The molecule has 138 valence electrons. The summed E-state index contributed by atoms with van der Waals surface area (Å²) in [4.78, 5) is 12.3. The molecule has 0 unspecified atom stereocenters. The summed E-state index contributed by atoms with van der Waals surface area (Å²) in [6, 6.07) is 11.5. The van der Waals surface area contributed by atoms with E-state index in [4.69, 9.17) is 27.9 Å².